The number of benzene rings is 1. The molecule has 0 atom stereocenters. The van der Waals surface area contributed by atoms with Gasteiger partial charge in [0.25, 0.3) is 0 Å². The van der Waals surface area contributed by atoms with Crippen LogP contribution in [0.15, 0.2) is 30.5 Å². The second-order valence-corrected chi connectivity index (χ2v) is 4.96. The van der Waals surface area contributed by atoms with E-state index in [1.807, 2.05) is 31.2 Å². The van der Waals surface area contributed by atoms with Gasteiger partial charge in [-0.2, -0.15) is 0 Å². The highest BCUT2D eigenvalue weighted by molar-refractivity contribution is 5.99. The number of aromatic amines is 1. The maximum atomic E-state index is 12.1. The van der Waals surface area contributed by atoms with Gasteiger partial charge in [0, 0.05) is 11.8 Å². The molecule has 0 unspecified atom stereocenters. The molecule has 0 aliphatic rings. The summed E-state index contributed by atoms with van der Waals surface area (Å²) >= 11 is 0. The number of H-pyrrole nitrogens is 1. The van der Waals surface area contributed by atoms with Gasteiger partial charge in [-0.15, -0.1) is 0 Å². The van der Waals surface area contributed by atoms with E-state index in [1.165, 1.54) is 6.20 Å². The van der Waals surface area contributed by atoms with Crippen LogP contribution in [0.1, 0.15) is 51.4 Å². The minimum atomic E-state index is -0.554. The maximum Gasteiger partial charge on any atom is 0.356 e. The summed E-state index contributed by atoms with van der Waals surface area (Å²) in [4.78, 5) is 26.9. The van der Waals surface area contributed by atoms with Crippen LogP contribution in [-0.2, 0) is 9.47 Å². The standard InChI is InChI=1S/C19H19NO4/c1-4-23-18(21)16-12-20-17(19(22)24-5-2)15(16)11-10-14-9-7-6-8-13(14)3/h6-9,12,20H,4-5H2,1-3H3. The Morgan fingerprint density at radius 2 is 1.71 bits per heavy atom. The molecule has 0 fully saturated rings. The van der Waals surface area contributed by atoms with Gasteiger partial charge in [0.05, 0.1) is 24.3 Å². The molecule has 2 rings (SSSR count). The fourth-order valence-corrected chi connectivity index (χ4v) is 2.13. The third-order valence-electron chi connectivity index (χ3n) is 3.32. The molecule has 0 spiro atoms. The van der Waals surface area contributed by atoms with Crippen LogP contribution in [0.5, 0.6) is 0 Å². The molecule has 124 valence electrons. The summed E-state index contributed by atoms with van der Waals surface area (Å²) in [5, 5.41) is 0. The lowest BCUT2D eigenvalue weighted by atomic mass is 10.1. The number of esters is 2. The fraction of sp³-hybridized carbons (Fsp3) is 0.263. The number of hydrogen-bond donors (Lipinski definition) is 1. The third kappa shape index (κ3) is 3.85. The zero-order chi connectivity index (χ0) is 17.5. The summed E-state index contributed by atoms with van der Waals surface area (Å²) in [5.41, 5.74) is 2.50. The predicted octanol–water partition coefficient (Wildman–Crippen LogP) is 3.08. The maximum absolute atomic E-state index is 12.1. The number of aryl methyl sites for hydroxylation is 1. The Hall–Kier alpha value is -3.00. The average Bonchev–Trinajstić information content (AvgIpc) is 2.98. The van der Waals surface area contributed by atoms with Crippen LogP contribution in [0.25, 0.3) is 0 Å². The largest absolute Gasteiger partial charge is 0.462 e. The van der Waals surface area contributed by atoms with Crippen molar-refractivity contribution in [2.75, 3.05) is 13.2 Å². The van der Waals surface area contributed by atoms with E-state index in [1.54, 1.807) is 13.8 Å². The van der Waals surface area contributed by atoms with Crippen molar-refractivity contribution in [1.82, 2.24) is 4.98 Å². The Balaban J connectivity index is 2.49. The van der Waals surface area contributed by atoms with Crippen LogP contribution < -0.4 is 0 Å². The quantitative estimate of drug-likeness (QED) is 0.693. The zero-order valence-electron chi connectivity index (χ0n) is 13.9. The van der Waals surface area contributed by atoms with E-state index in [0.717, 1.165) is 11.1 Å². The molecule has 5 heteroatoms. The molecular weight excluding hydrogens is 306 g/mol. The van der Waals surface area contributed by atoms with Gasteiger partial charge in [0.1, 0.15) is 5.69 Å². The molecule has 5 nitrogen and oxygen atoms in total. The van der Waals surface area contributed by atoms with Crippen molar-refractivity contribution in [1.29, 1.82) is 0 Å². The molecule has 1 aromatic carbocycles. The Morgan fingerprint density at radius 1 is 1.04 bits per heavy atom. The average molecular weight is 325 g/mol. The van der Waals surface area contributed by atoms with E-state index in [4.69, 9.17) is 9.47 Å². The van der Waals surface area contributed by atoms with Crippen molar-refractivity contribution in [2.24, 2.45) is 0 Å². The SMILES string of the molecule is CCOC(=O)c1c[nH]c(C(=O)OCC)c1C#Cc1ccccc1C. The van der Waals surface area contributed by atoms with E-state index in [9.17, 15) is 9.59 Å². The first-order valence-electron chi connectivity index (χ1n) is 7.71. The molecule has 0 amide bonds. The van der Waals surface area contributed by atoms with Crippen molar-refractivity contribution in [2.45, 2.75) is 20.8 Å². The second-order valence-electron chi connectivity index (χ2n) is 4.96. The van der Waals surface area contributed by atoms with Crippen LogP contribution in [-0.4, -0.2) is 30.1 Å². The smallest absolute Gasteiger partial charge is 0.356 e. The zero-order valence-corrected chi connectivity index (χ0v) is 13.9. The van der Waals surface area contributed by atoms with E-state index >= 15 is 0 Å². The molecule has 2 aromatic rings. The Morgan fingerprint density at radius 3 is 2.38 bits per heavy atom. The molecule has 1 heterocycles. The van der Waals surface area contributed by atoms with Crippen LogP contribution in [0.2, 0.25) is 0 Å². The fourth-order valence-electron chi connectivity index (χ4n) is 2.13. The van der Waals surface area contributed by atoms with Crippen molar-refractivity contribution >= 4 is 11.9 Å². The second kappa shape index (κ2) is 8.02. The van der Waals surface area contributed by atoms with Crippen molar-refractivity contribution in [3.63, 3.8) is 0 Å². The summed E-state index contributed by atoms with van der Waals surface area (Å²) < 4.78 is 10.0. The van der Waals surface area contributed by atoms with Gasteiger partial charge in [-0.05, 0) is 32.4 Å². The minimum absolute atomic E-state index is 0.154. The van der Waals surface area contributed by atoms with Gasteiger partial charge in [0.2, 0.25) is 0 Å². The van der Waals surface area contributed by atoms with E-state index < -0.39 is 11.9 Å². The van der Waals surface area contributed by atoms with Crippen molar-refractivity contribution < 1.29 is 19.1 Å². The molecule has 0 radical (unpaired) electrons. The Kier molecular flexibility index (Phi) is 5.80. The van der Waals surface area contributed by atoms with Crippen molar-refractivity contribution in [3.8, 4) is 11.8 Å². The van der Waals surface area contributed by atoms with Crippen LogP contribution in [0.3, 0.4) is 0 Å². The van der Waals surface area contributed by atoms with Crippen LogP contribution in [0, 0.1) is 18.8 Å². The van der Waals surface area contributed by atoms with Gasteiger partial charge < -0.3 is 14.5 Å². The van der Waals surface area contributed by atoms with Crippen LogP contribution >= 0.6 is 0 Å². The molecular formula is C19H19NO4. The van der Waals surface area contributed by atoms with E-state index in [0.29, 0.717) is 0 Å². The topological polar surface area (TPSA) is 68.4 Å². The van der Waals surface area contributed by atoms with Gasteiger partial charge in [-0.3, -0.25) is 0 Å². The summed E-state index contributed by atoms with van der Waals surface area (Å²) in [6, 6.07) is 7.63. The van der Waals surface area contributed by atoms with E-state index in [-0.39, 0.29) is 30.0 Å². The first kappa shape index (κ1) is 17.4. The number of rotatable bonds is 4. The van der Waals surface area contributed by atoms with Gasteiger partial charge in [0.15, 0.2) is 0 Å². The normalized spacial score (nSPS) is 9.79. The summed E-state index contributed by atoms with van der Waals surface area (Å²) in [6.45, 7) is 5.85. The Bertz CT molecular complexity index is 773. The monoisotopic (exact) mass is 325 g/mol. The van der Waals surface area contributed by atoms with Gasteiger partial charge >= 0.3 is 11.9 Å². The summed E-state index contributed by atoms with van der Waals surface area (Å²) in [5.74, 6) is 4.84. The number of hydrogen-bond acceptors (Lipinski definition) is 4. The summed E-state index contributed by atoms with van der Waals surface area (Å²) in [7, 11) is 0. The lowest BCUT2D eigenvalue weighted by Gasteiger charge is -2.02. The molecule has 0 aliphatic heterocycles. The minimum Gasteiger partial charge on any atom is -0.462 e. The number of nitrogens with one attached hydrogen (secondary N) is 1. The molecule has 0 aliphatic carbocycles. The number of carbonyl (C=O) groups excluding carboxylic acids is 2. The van der Waals surface area contributed by atoms with E-state index in [2.05, 4.69) is 16.8 Å². The number of carbonyl (C=O) groups is 2. The lowest BCUT2D eigenvalue weighted by molar-refractivity contribution is 0.0518. The molecule has 24 heavy (non-hydrogen) atoms. The molecule has 1 aromatic heterocycles. The molecule has 0 saturated heterocycles. The highest BCUT2D eigenvalue weighted by Crippen LogP contribution is 2.16. The van der Waals surface area contributed by atoms with Gasteiger partial charge in [-0.25, -0.2) is 9.59 Å². The third-order valence-corrected chi connectivity index (χ3v) is 3.32. The Labute approximate surface area is 141 Å². The first-order chi connectivity index (χ1) is 11.6. The lowest BCUT2D eigenvalue weighted by Crippen LogP contribution is -2.09. The highest BCUT2D eigenvalue weighted by Gasteiger charge is 2.22. The molecule has 1 N–H and O–H groups in total. The van der Waals surface area contributed by atoms with Crippen LogP contribution in [0.4, 0.5) is 0 Å². The first-order valence-corrected chi connectivity index (χ1v) is 7.71. The molecule has 0 saturated carbocycles. The van der Waals surface area contributed by atoms with Gasteiger partial charge in [-0.1, -0.05) is 30.0 Å². The number of ether oxygens (including phenoxy) is 2. The summed E-state index contributed by atoms with van der Waals surface area (Å²) in [6.07, 6.45) is 1.42. The molecule has 0 bridgehead atoms. The predicted molar refractivity (Wildman–Crippen MR) is 89.9 cm³/mol. The highest BCUT2D eigenvalue weighted by atomic mass is 16.5. The number of aromatic nitrogens is 1. The van der Waals surface area contributed by atoms with Crippen molar-refractivity contribution in [3.05, 3.63) is 58.4 Å².